The van der Waals surface area contributed by atoms with Crippen molar-refractivity contribution in [3.63, 3.8) is 0 Å². The summed E-state index contributed by atoms with van der Waals surface area (Å²) < 4.78 is 7.17. The minimum Gasteiger partial charge on any atom is 0 e. The molecule has 5 atom stereocenters. The van der Waals surface area contributed by atoms with Gasteiger partial charge in [0.1, 0.15) is 0 Å². The maximum atomic E-state index is 11.0. The second kappa shape index (κ2) is 8.59. The average molecular weight is 495 g/mol. The minimum atomic E-state index is -1.24. The third-order valence-electron chi connectivity index (χ3n) is 4.03. The normalized spacial score (nSPS) is 26.6. The average Bonchev–Trinajstić information content (AvgIpc) is 3.12. The molecule has 1 aliphatic heterocycles. The van der Waals surface area contributed by atoms with Gasteiger partial charge in [0.15, 0.2) is 0 Å². The fourth-order valence-electron chi connectivity index (χ4n) is 2.66. The van der Waals surface area contributed by atoms with Crippen molar-refractivity contribution < 1.29 is 24.9 Å². The van der Waals surface area contributed by atoms with Crippen LogP contribution in [0.4, 0.5) is 5.82 Å². The molecule has 6 N–H and O–H groups in total. The van der Waals surface area contributed by atoms with Crippen molar-refractivity contribution in [2.45, 2.75) is 35.9 Å². The molecule has 2 aromatic rings. The molecule has 0 spiro atoms. The SMILES string of the molecule is Nc1ncnc2c1ncn2[C@@H]1O[C@H](CNC(C[Se])C(=O)O)[C@@H](O)[C@H]1O.[Se]. The van der Waals surface area contributed by atoms with Crippen molar-refractivity contribution in [2.24, 2.45) is 0 Å². The molecule has 1 aliphatic rings. The fraction of sp³-hybridized carbons (Fsp3) is 0.538. The van der Waals surface area contributed by atoms with Gasteiger partial charge in [-0.1, -0.05) is 0 Å². The van der Waals surface area contributed by atoms with E-state index in [9.17, 15) is 15.0 Å². The molecule has 0 aliphatic carbocycles. The van der Waals surface area contributed by atoms with E-state index in [0.29, 0.717) is 11.2 Å². The molecule has 13 heteroatoms. The third kappa shape index (κ3) is 3.85. The number of rotatable bonds is 6. The Morgan fingerprint density at radius 2 is 2.12 bits per heavy atom. The van der Waals surface area contributed by atoms with Gasteiger partial charge in [0.05, 0.1) is 0 Å². The van der Waals surface area contributed by atoms with E-state index >= 15 is 0 Å². The van der Waals surface area contributed by atoms with Crippen LogP contribution >= 0.6 is 0 Å². The number of aliphatic hydroxyl groups is 2. The first-order valence-electron chi connectivity index (χ1n) is 7.43. The zero-order valence-electron chi connectivity index (χ0n) is 13.3. The summed E-state index contributed by atoms with van der Waals surface area (Å²) in [6, 6.07) is -0.811. The molecule has 3 radical (unpaired) electrons. The van der Waals surface area contributed by atoms with E-state index in [-0.39, 0.29) is 34.8 Å². The Balaban J connectivity index is 0.00000243. The van der Waals surface area contributed by atoms with Gasteiger partial charge in [-0.05, 0) is 0 Å². The van der Waals surface area contributed by atoms with Crippen molar-refractivity contribution in [2.75, 3.05) is 12.3 Å². The number of aliphatic carboxylic acids is 1. The smallest absolute Gasteiger partial charge is 0 e. The van der Waals surface area contributed by atoms with Crippen molar-refractivity contribution in [1.82, 2.24) is 24.8 Å². The van der Waals surface area contributed by atoms with Crippen molar-refractivity contribution in [1.29, 1.82) is 0 Å². The van der Waals surface area contributed by atoms with Crippen LogP contribution in [0, 0.1) is 0 Å². The van der Waals surface area contributed by atoms with E-state index in [1.165, 1.54) is 17.2 Å². The van der Waals surface area contributed by atoms with Crippen LogP contribution in [0.1, 0.15) is 6.23 Å². The number of aliphatic hydroxyl groups excluding tert-OH is 2. The number of anilines is 1. The van der Waals surface area contributed by atoms with E-state index in [1.54, 1.807) is 0 Å². The number of fused-ring (bicyclic) bond motifs is 1. The molecular weight excluding hydrogens is 478 g/mol. The number of nitrogens with zero attached hydrogens (tertiary/aromatic N) is 4. The molecule has 3 heterocycles. The molecule has 1 saturated heterocycles. The van der Waals surface area contributed by atoms with Crippen LogP contribution in [-0.4, -0.2) is 105 Å². The molecule has 0 amide bonds. The molecule has 3 rings (SSSR count). The van der Waals surface area contributed by atoms with Crippen LogP contribution in [0.15, 0.2) is 12.7 Å². The largest absolute Gasteiger partial charge is 0 e. The van der Waals surface area contributed by atoms with Crippen LogP contribution in [-0.2, 0) is 9.53 Å². The van der Waals surface area contributed by atoms with E-state index in [1.807, 2.05) is 0 Å². The molecule has 0 aromatic carbocycles. The Labute approximate surface area is 166 Å². The molecule has 1 unspecified atom stereocenters. The summed E-state index contributed by atoms with van der Waals surface area (Å²) in [7, 11) is 0. The summed E-state index contributed by atoms with van der Waals surface area (Å²) in [5, 5.41) is 32.6. The Morgan fingerprint density at radius 1 is 1.38 bits per heavy atom. The number of nitrogens with one attached hydrogen (secondary N) is 1. The van der Waals surface area contributed by atoms with Crippen LogP contribution in [0.25, 0.3) is 11.2 Å². The fourth-order valence-corrected chi connectivity index (χ4v) is 3.21. The van der Waals surface area contributed by atoms with Gasteiger partial charge in [0.25, 0.3) is 0 Å². The molecule has 141 valence electrons. The summed E-state index contributed by atoms with van der Waals surface area (Å²) in [6.07, 6.45) is -1.52. The van der Waals surface area contributed by atoms with E-state index in [4.69, 9.17) is 15.6 Å². The second-order valence-corrected chi connectivity index (χ2v) is 6.29. The van der Waals surface area contributed by atoms with Gasteiger partial charge >= 0.3 is 149 Å². The predicted octanol–water partition coefficient (Wildman–Crippen LogP) is -2.72. The van der Waals surface area contributed by atoms with Crippen molar-refractivity contribution >= 4 is 56.0 Å². The van der Waals surface area contributed by atoms with Crippen LogP contribution in [0.2, 0.25) is 5.32 Å². The number of carboxylic acids is 1. The molecule has 0 saturated carbocycles. The number of carboxylic acid groups (broad SMARTS) is 1. The van der Waals surface area contributed by atoms with Gasteiger partial charge in [0, 0.05) is 17.1 Å². The summed E-state index contributed by atoms with van der Waals surface area (Å²) >= 11 is 2.64. The third-order valence-corrected chi connectivity index (χ3v) is 4.73. The number of nitrogen functional groups attached to an aromatic ring is 1. The molecule has 11 nitrogen and oxygen atoms in total. The minimum absolute atomic E-state index is 0. The van der Waals surface area contributed by atoms with E-state index in [0.717, 1.165) is 0 Å². The maximum Gasteiger partial charge on any atom is 0 e. The Kier molecular flexibility index (Phi) is 6.94. The van der Waals surface area contributed by atoms with E-state index < -0.39 is 36.6 Å². The first-order chi connectivity index (χ1) is 11.9. The van der Waals surface area contributed by atoms with Gasteiger partial charge in [-0.15, -0.1) is 0 Å². The second-order valence-electron chi connectivity index (χ2n) is 5.59. The van der Waals surface area contributed by atoms with Gasteiger partial charge < -0.3 is 0 Å². The van der Waals surface area contributed by atoms with Gasteiger partial charge in [-0.2, -0.15) is 0 Å². The summed E-state index contributed by atoms with van der Waals surface area (Å²) in [5.74, 6) is -0.824. The summed E-state index contributed by atoms with van der Waals surface area (Å²) in [5.41, 5.74) is 6.46. The quantitative estimate of drug-likeness (QED) is 0.266. The van der Waals surface area contributed by atoms with Gasteiger partial charge in [0.2, 0.25) is 0 Å². The topological polar surface area (TPSA) is 169 Å². The number of imidazole rings is 1. The Morgan fingerprint density at radius 3 is 2.77 bits per heavy atom. The van der Waals surface area contributed by atoms with Crippen LogP contribution in [0.5, 0.6) is 0 Å². The monoisotopic (exact) mass is 497 g/mol. The number of hydrogen-bond donors (Lipinski definition) is 5. The molecule has 26 heavy (non-hydrogen) atoms. The first-order valence-corrected chi connectivity index (χ1v) is 8.64. The zero-order chi connectivity index (χ0) is 18.1. The number of ether oxygens (including phenoxy) is 1. The Hall–Kier alpha value is -1.30. The molecular formula is C13H17N6O5Se2. The number of nitrogens with two attached hydrogens (primary N) is 1. The number of hydrogen-bond acceptors (Lipinski definition) is 9. The zero-order valence-corrected chi connectivity index (χ0v) is 16.7. The first kappa shape index (κ1) is 21.0. The number of aromatic nitrogens is 4. The molecule has 2 aromatic heterocycles. The molecule has 0 bridgehead atoms. The summed E-state index contributed by atoms with van der Waals surface area (Å²) in [4.78, 5) is 23.1. The Bertz CT molecular complexity index is 777. The molecule has 1 fully saturated rings. The van der Waals surface area contributed by atoms with Gasteiger partial charge in [-0.25, -0.2) is 0 Å². The maximum absolute atomic E-state index is 11.0. The van der Waals surface area contributed by atoms with E-state index in [2.05, 4.69) is 36.3 Å². The van der Waals surface area contributed by atoms with Gasteiger partial charge in [-0.3, -0.25) is 0 Å². The number of carbonyl (C=O) groups is 1. The summed E-state index contributed by atoms with van der Waals surface area (Å²) in [6.45, 7) is 0.0527. The van der Waals surface area contributed by atoms with Crippen LogP contribution < -0.4 is 11.1 Å². The van der Waals surface area contributed by atoms with Crippen molar-refractivity contribution in [3.8, 4) is 0 Å². The van der Waals surface area contributed by atoms with Crippen molar-refractivity contribution in [3.05, 3.63) is 12.7 Å². The predicted molar refractivity (Wildman–Crippen MR) is 91.4 cm³/mol. The van der Waals surface area contributed by atoms with Crippen LogP contribution in [0.3, 0.4) is 0 Å². The standard InChI is InChI=1S/C13H17N6O5Se.Se/c14-10-7-11(17-3-16-10)19(4-18-7)12-9(21)8(20)6(24-12)1-15-5(2-25)13(22)23;/h3-6,8-9,12,15,20-21H,1-2H2,(H,22,23)(H2,14,16,17);/t5?,6-,8-,9-,12-;/m1./s1.